The van der Waals surface area contributed by atoms with Gasteiger partial charge in [-0.2, -0.15) is 0 Å². The number of esters is 1. The van der Waals surface area contributed by atoms with Gasteiger partial charge in [0.25, 0.3) is 11.8 Å². The third-order valence-corrected chi connectivity index (χ3v) is 7.98. The predicted molar refractivity (Wildman–Crippen MR) is 194 cm³/mol. The van der Waals surface area contributed by atoms with Crippen LogP contribution in [-0.2, 0) is 44.8 Å². The van der Waals surface area contributed by atoms with E-state index in [-0.39, 0.29) is 26.1 Å². The van der Waals surface area contributed by atoms with Crippen LogP contribution in [0.15, 0.2) is 43.0 Å². The molecule has 0 aliphatic carbocycles. The number of alkyl carbamates (subject to hydrolysis) is 1. The Morgan fingerprint density at radius 1 is 0.943 bits per heavy atom. The summed E-state index contributed by atoms with van der Waals surface area (Å²) in [5, 5.41) is 9.92. The number of ether oxygens (including phenoxy) is 2. The second kappa shape index (κ2) is 20.1. The molecule has 0 saturated carbocycles. The summed E-state index contributed by atoms with van der Waals surface area (Å²) in [7, 11) is 0. The second-order valence-electron chi connectivity index (χ2n) is 14.3. The van der Waals surface area contributed by atoms with Gasteiger partial charge in [-0.25, -0.2) is 14.5 Å². The molecule has 4 unspecified atom stereocenters. The maximum absolute atomic E-state index is 14.3. The number of nitrogens with one attached hydrogen (secondary N) is 4. The van der Waals surface area contributed by atoms with Gasteiger partial charge in [-0.15, -0.1) is 0 Å². The van der Waals surface area contributed by atoms with Crippen LogP contribution in [0.25, 0.3) is 0 Å². The minimum absolute atomic E-state index is 0.0349. The Labute approximate surface area is 310 Å². The number of urea groups is 1. The van der Waals surface area contributed by atoms with E-state index in [2.05, 4.69) is 27.8 Å². The zero-order valence-corrected chi connectivity index (χ0v) is 31.9. The van der Waals surface area contributed by atoms with Crippen molar-refractivity contribution in [1.29, 1.82) is 0 Å². The van der Waals surface area contributed by atoms with E-state index >= 15 is 0 Å². The minimum atomic E-state index is -1.46. The van der Waals surface area contributed by atoms with Crippen LogP contribution in [0.4, 0.5) is 9.59 Å². The molecule has 1 saturated heterocycles. The molecule has 16 heteroatoms. The summed E-state index contributed by atoms with van der Waals surface area (Å²) < 4.78 is 10.1. The topological polar surface area (TPSA) is 210 Å². The highest BCUT2D eigenvalue weighted by molar-refractivity contribution is 6.38. The minimum Gasteiger partial charge on any atom is -0.460 e. The van der Waals surface area contributed by atoms with Gasteiger partial charge >= 0.3 is 18.1 Å². The fourth-order valence-electron chi connectivity index (χ4n) is 5.34. The Morgan fingerprint density at radius 3 is 2.11 bits per heavy atom. The van der Waals surface area contributed by atoms with Gasteiger partial charge in [0.05, 0.1) is 12.6 Å². The average Bonchev–Trinajstić information content (AvgIpc) is 3.41. The summed E-state index contributed by atoms with van der Waals surface area (Å²) in [5.41, 5.74) is -0.113. The van der Waals surface area contributed by atoms with E-state index < -0.39 is 95.7 Å². The van der Waals surface area contributed by atoms with Crippen LogP contribution < -0.4 is 21.3 Å². The van der Waals surface area contributed by atoms with Gasteiger partial charge < -0.3 is 35.6 Å². The average molecular weight is 743 g/mol. The third kappa shape index (κ3) is 13.3. The maximum atomic E-state index is 14.3. The summed E-state index contributed by atoms with van der Waals surface area (Å²) in [6.45, 7) is 16.0. The first-order chi connectivity index (χ1) is 24.8. The van der Waals surface area contributed by atoms with E-state index in [0.717, 1.165) is 10.5 Å². The Kier molecular flexibility index (Phi) is 16.6. The molecular formula is C37H54N6O10. The van der Waals surface area contributed by atoms with Gasteiger partial charge in [0.1, 0.15) is 36.9 Å². The van der Waals surface area contributed by atoms with Crippen molar-refractivity contribution >= 4 is 47.5 Å². The van der Waals surface area contributed by atoms with Gasteiger partial charge in [-0.3, -0.25) is 28.8 Å². The van der Waals surface area contributed by atoms with Gasteiger partial charge in [0.2, 0.25) is 17.6 Å². The fraction of sp³-hybridized carbons (Fsp3) is 0.568. The molecule has 16 nitrogen and oxygen atoms in total. The zero-order valence-electron chi connectivity index (χ0n) is 31.9. The van der Waals surface area contributed by atoms with E-state index in [0.29, 0.717) is 6.42 Å². The first-order valence-corrected chi connectivity index (χ1v) is 17.7. The lowest BCUT2D eigenvalue weighted by molar-refractivity contribution is -0.145. The van der Waals surface area contributed by atoms with Crippen molar-refractivity contribution in [1.82, 2.24) is 31.1 Å². The number of carbonyl (C=O) groups excluding carboxylic acids is 8. The monoisotopic (exact) mass is 742 g/mol. The summed E-state index contributed by atoms with van der Waals surface area (Å²) in [6.07, 6.45) is 0.907. The van der Waals surface area contributed by atoms with Gasteiger partial charge in [0, 0.05) is 6.54 Å². The highest BCUT2D eigenvalue weighted by atomic mass is 16.6. The molecule has 1 aliphatic heterocycles. The molecular weight excluding hydrogens is 688 g/mol. The Balaban J connectivity index is 2.40. The van der Waals surface area contributed by atoms with Gasteiger partial charge in [0.15, 0.2) is 0 Å². The van der Waals surface area contributed by atoms with E-state index in [1.165, 1.54) is 11.0 Å². The lowest BCUT2D eigenvalue weighted by Gasteiger charge is -2.31. The standard InChI is InChI=1S/C37H54N6O10/c1-10-15-25(30(45)33(48)38-19-27(44)52-18-11-2)39-31(46)26-21-42(20-24-16-13-12-14-17-24)36(51)43(26)34(49)29(23(5)6)40-32(47)28(22(3)4)41-35(50)53-37(7,8)9/h11-14,16-17,22-23,25-26,28-29H,2,10,15,18-21H2,1,3-9H3,(H,38,48)(H,39,46)(H,40,47)(H,41,50). The van der Waals surface area contributed by atoms with Crippen LogP contribution in [0.1, 0.15) is 73.8 Å². The SMILES string of the molecule is C=CCOC(=O)CNC(=O)C(=O)C(CCC)NC(=O)C1CN(Cc2ccccc2)C(=O)N1C(=O)C(NC(=O)C(NC(=O)OC(C)(C)C)C(C)C)C(C)C. The number of hydrogen-bond acceptors (Lipinski definition) is 10. The van der Waals surface area contributed by atoms with E-state index in [1.807, 2.05) is 0 Å². The van der Waals surface area contributed by atoms with Crippen LogP contribution in [0.3, 0.4) is 0 Å². The third-order valence-electron chi connectivity index (χ3n) is 7.98. The Bertz CT molecular complexity index is 1510. The molecule has 1 heterocycles. The van der Waals surface area contributed by atoms with Crippen molar-refractivity contribution < 1.29 is 47.8 Å². The first kappa shape index (κ1) is 43.9. The van der Waals surface area contributed by atoms with Crippen molar-refractivity contribution in [2.45, 2.75) is 105 Å². The predicted octanol–water partition coefficient (Wildman–Crippen LogP) is 2.21. The molecule has 4 atom stereocenters. The molecule has 292 valence electrons. The number of hydrogen-bond donors (Lipinski definition) is 4. The Morgan fingerprint density at radius 2 is 1.57 bits per heavy atom. The zero-order chi connectivity index (χ0) is 40.0. The molecule has 2 rings (SSSR count). The smallest absolute Gasteiger partial charge is 0.408 e. The first-order valence-electron chi connectivity index (χ1n) is 17.7. The molecule has 0 radical (unpaired) electrons. The van der Waals surface area contributed by atoms with Crippen LogP contribution in [0, 0.1) is 11.8 Å². The Hall–Kier alpha value is -5.28. The van der Waals surface area contributed by atoms with Crippen molar-refractivity contribution in [2.75, 3.05) is 19.7 Å². The number of benzene rings is 1. The summed E-state index contributed by atoms with van der Waals surface area (Å²) >= 11 is 0. The van der Waals surface area contributed by atoms with Gasteiger partial charge in [-0.05, 0) is 44.6 Å². The van der Waals surface area contributed by atoms with Crippen molar-refractivity contribution in [2.24, 2.45) is 11.8 Å². The lowest BCUT2D eigenvalue weighted by Crippen LogP contribution is -2.61. The molecule has 1 fully saturated rings. The molecule has 7 amide bonds. The van der Waals surface area contributed by atoms with Crippen LogP contribution >= 0.6 is 0 Å². The van der Waals surface area contributed by atoms with E-state index in [4.69, 9.17) is 9.47 Å². The number of carbonyl (C=O) groups is 8. The second-order valence-corrected chi connectivity index (χ2v) is 14.3. The normalized spacial score (nSPS) is 16.0. The van der Waals surface area contributed by atoms with Gasteiger partial charge in [-0.1, -0.05) is 84.0 Å². The van der Waals surface area contributed by atoms with Crippen molar-refractivity contribution in [3.8, 4) is 0 Å². The van der Waals surface area contributed by atoms with Crippen LogP contribution in [0.2, 0.25) is 0 Å². The quantitative estimate of drug-likeness (QED) is 0.0979. The summed E-state index contributed by atoms with van der Waals surface area (Å²) in [6, 6.07) is 2.84. The number of ketones is 1. The number of imide groups is 1. The largest absolute Gasteiger partial charge is 0.460 e. The van der Waals surface area contributed by atoms with Crippen LogP contribution in [0.5, 0.6) is 0 Å². The van der Waals surface area contributed by atoms with Crippen LogP contribution in [-0.4, -0.2) is 107 Å². The molecule has 4 N–H and O–H groups in total. The molecule has 0 spiro atoms. The number of amides is 7. The van der Waals surface area contributed by atoms with E-state index in [1.54, 1.807) is 85.7 Å². The molecule has 1 aliphatic rings. The van der Waals surface area contributed by atoms with E-state index in [9.17, 15) is 38.4 Å². The summed E-state index contributed by atoms with van der Waals surface area (Å²) in [4.78, 5) is 108. The molecule has 1 aromatic carbocycles. The maximum Gasteiger partial charge on any atom is 0.408 e. The van der Waals surface area contributed by atoms with Crippen molar-refractivity contribution in [3.63, 3.8) is 0 Å². The lowest BCUT2D eigenvalue weighted by atomic mass is 9.99. The highest BCUT2D eigenvalue weighted by Crippen LogP contribution is 2.23. The molecule has 1 aromatic rings. The van der Waals surface area contributed by atoms with Crippen molar-refractivity contribution in [3.05, 3.63) is 48.6 Å². The molecule has 53 heavy (non-hydrogen) atoms. The fourth-order valence-corrected chi connectivity index (χ4v) is 5.34. The number of Topliss-reactive ketones (excluding diaryl/α,β-unsaturated/α-hetero) is 1. The highest BCUT2D eigenvalue weighted by Gasteiger charge is 2.48. The summed E-state index contributed by atoms with van der Waals surface area (Å²) in [5.74, 6) is -6.47. The molecule has 0 bridgehead atoms. The number of rotatable bonds is 18. The molecule has 0 aromatic heterocycles. The number of nitrogens with zero attached hydrogens (tertiary/aromatic N) is 2.